The maximum absolute atomic E-state index is 5.80. The number of nitrogen functional groups attached to an aromatic ring is 1. The van der Waals surface area contributed by atoms with Crippen LogP contribution in [0.2, 0.25) is 0 Å². The predicted octanol–water partition coefficient (Wildman–Crippen LogP) is 2.70. The fraction of sp³-hybridized carbons (Fsp3) is 0.211. The van der Waals surface area contributed by atoms with E-state index in [2.05, 4.69) is 25.6 Å². The van der Waals surface area contributed by atoms with Crippen molar-refractivity contribution in [1.82, 2.24) is 15.0 Å². The van der Waals surface area contributed by atoms with E-state index < -0.39 is 0 Å². The Hall–Kier alpha value is -3.55. The zero-order valence-corrected chi connectivity index (χ0v) is 15.3. The number of hydrogen-bond donors (Lipinski definition) is 3. The molecular formula is C19H22N6O2. The largest absolute Gasteiger partial charge is 0.497 e. The molecule has 3 aromatic rings. The molecule has 0 aliphatic rings. The first-order valence-corrected chi connectivity index (χ1v) is 8.41. The Balaban J connectivity index is 1.60. The van der Waals surface area contributed by atoms with Gasteiger partial charge in [0.15, 0.2) is 0 Å². The summed E-state index contributed by atoms with van der Waals surface area (Å²) in [6, 6.07) is 15.5. The SMILES string of the molecule is COc1ccc(CNc2nc(N)nc(NCc3ccc(OC)cc3)n2)cc1. The summed E-state index contributed by atoms with van der Waals surface area (Å²) < 4.78 is 10.3. The van der Waals surface area contributed by atoms with Gasteiger partial charge in [-0.05, 0) is 35.4 Å². The number of methoxy groups -OCH3 is 2. The van der Waals surface area contributed by atoms with Gasteiger partial charge in [0, 0.05) is 13.1 Å². The van der Waals surface area contributed by atoms with E-state index in [1.807, 2.05) is 48.5 Å². The summed E-state index contributed by atoms with van der Waals surface area (Å²) in [5.41, 5.74) is 7.94. The van der Waals surface area contributed by atoms with Crippen molar-refractivity contribution in [3.8, 4) is 11.5 Å². The Kier molecular flexibility index (Phi) is 5.88. The van der Waals surface area contributed by atoms with Crippen LogP contribution in [0.5, 0.6) is 11.5 Å². The molecular weight excluding hydrogens is 344 g/mol. The van der Waals surface area contributed by atoms with Crippen molar-refractivity contribution in [2.45, 2.75) is 13.1 Å². The second-order valence-corrected chi connectivity index (χ2v) is 5.74. The average Bonchev–Trinajstić information content (AvgIpc) is 2.71. The first-order valence-electron chi connectivity index (χ1n) is 8.41. The lowest BCUT2D eigenvalue weighted by Gasteiger charge is -2.09. The molecule has 4 N–H and O–H groups in total. The molecule has 0 bridgehead atoms. The highest BCUT2D eigenvalue weighted by molar-refractivity contribution is 5.41. The standard InChI is InChI=1S/C19H22N6O2/c1-26-15-7-3-13(4-8-15)11-21-18-23-17(20)24-19(25-18)22-12-14-5-9-16(27-2)10-6-14/h3-10H,11-12H2,1-2H3,(H4,20,21,22,23,24,25). The Labute approximate surface area is 157 Å². The number of benzene rings is 2. The second kappa shape index (κ2) is 8.70. The van der Waals surface area contributed by atoms with Crippen molar-refractivity contribution in [2.75, 3.05) is 30.6 Å². The first-order chi connectivity index (χ1) is 13.2. The molecule has 1 heterocycles. The molecule has 0 saturated carbocycles. The van der Waals surface area contributed by atoms with E-state index in [1.165, 1.54) is 0 Å². The van der Waals surface area contributed by atoms with Gasteiger partial charge >= 0.3 is 0 Å². The van der Waals surface area contributed by atoms with Gasteiger partial charge in [-0.1, -0.05) is 24.3 Å². The number of rotatable bonds is 8. The molecule has 140 valence electrons. The minimum Gasteiger partial charge on any atom is -0.497 e. The van der Waals surface area contributed by atoms with Crippen LogP contribution in [0.1, 0.15) is 11.1 Å². The highest BCUT2D eigenvalue weighted by atomic mass is 16.5. The number of nitrogens with one attached hydrogen (secondary N) is 2. The summed E-state index contributed by atoms with van der Waals surface area (Å²) in [7, 11) is 3.28. The van der Waals surface area contributed by atoms with Gasteiger partial charge in [0.25, 0.3) is 0 Å². The molecule has 0 saturated heterocycles. The molecule has 2 aromatic carbocycles. The van der Waals surface area contributed by atoms with Crippen molar-refractivity contribution < 1.29 is 9.47 Å². The molecule has 0 aliphatic carbocycles. The van der Waals surface area contributed by atoms with E-state index in [1.54, 1.807) is 14.2 Å². The second-order valence-electron chi connectivity index (χ2n) is 5.74. The van der Waals surface area contributed by atoms with Crippen molar-refractivity contribution in [3.05, 3.63) is 59.7 Å². The molecule has 0 unspecified atom stereocenters. The van der Waals surface area contributed by atoms with E-state index in [9.17, 15) is 0 Å². The molecule has 27 heavy (non-hydrogen) atoms. The van der Waals surface area contributed by atoms with E-state index >= 15 is 0 Å². The van der Waals surface area contributed by atoms with Crippen LogP contribution in [0.25, 0.3) is 0 Å². The van der Waals surface area contributed by atoms with Crippen LogP contribution >= 0.6 is 0 Å². The first kappa shape index (κ1) is 18.2. The maximum Gasteiger partial charge on any atom is 0.229 e. The quantitative estimate of drug-likeness (QED) is 0.559. The minimum atomic E-state index is 0.152. The topological polar surface area (TPSA) is 107 Å². The molecule has 8 nitrogen and oxygen atoms in total. The van der Waals surface area contributed by atoms with Crippen LogP contribution in [0.4, 0.5) is 17.8 Å². The number of hydrogen-bond acceptors (Lipinski definition) is 8. The fourth-order valence-electron chi connectivity index (χ4n) is 2.40. The van der Waals surface area contributed by atoms with Gasteiger partial charge in [0.1, 0.15) is 11.5 Å². The van der Waals surface area contributed by atoms with Crippen LogP contribution in [0.3, 0.4) is 0 Å². The van der Waals surface area contributed by atoms with E-state index in [0.717, 1.165) is 22.6 Å². The van der Waals surface area contributed by atoms with Gasteiger partial charge < -0.3 is 25.8 Å². The van der Waals surface area contributed by atoms with Gasteiger partial charge in [0.05, 0.1) is 14.2 Å². The molecule has 0 fully saturated rings. The molecule has 8 heteroatoms. The highest BCUT2D eigenvalue weighted by Gasteiger charge is 2.05. The number of anilines is 3. The van der Waals surface area contributed by atoms with Crippen molar-refractivity contribution >= 4 is 17.8 Å². The molecule has 3 rings (SSSR count). The number of ether oxygens (including phenoxy) is 2. The van der Waals surface area contributed by atoms with Crippen molar-refractivity contribution in [1.29, 1.82) is 0 Å². The van der Waals surface area contributed by atoms with Crippen LogP contribution in [0, 0.1) is 0 Å². The van der Waals surface area contributed by atoms with E-state index in [-0.39, 0.29) is 5.95 Å². The van der Waals surface area contributed by atoms with Crippen LogP contribution < -0.4 is 25.8 Å². The molecule has 0 aliphatic heterocycles. The number of nitrogens with two attached hydrogens (primary N) is 1. The van der Waals surface area contributed by atoms with E-state index in [4.69, 9.17) is 15.2 Å². The minimum absolute atomic E-state index is 0.152. The van der Waals surface area contributed by atoms with Gasteiger partial charge in [-0.25, -0.2) is 0 Å². The lowest BCUT2D eigenvalue weighted by molar-refractivity contribution is 0.414. The summed E-state index contributed by atoms with van der Waals surface area (Å²) >= 11 is 0. The maximum atomic E-state index is 5.80. The monoisotopic (exact) mass is 366 g/mol. The molecule has 0 radical (unpaired) electrons. The summed E-state index contributed by atoms with van der Waals surface area (Å²) in [5, 5.41) is 6.31. The molecule has 0 atom stereocenters. The Morgan fingerprint density at radius 2 is 1.11 bits per heavy atom. The van der Waals surface area contributed by atoms with Crippen LogP contribution in [-0.2, 0) is 13.1 Å². The molecule has 0 amide bonds. The fourth-order valence-corrected chi connectivity index (χ4v) is 2.40. The van der Waals surface area contributed by atoms with Gasteiger partial charge in [-0.15, -0.1) is 0 Å². The summed E-state index contributed by atoms with van der Waals surface area (Å²) in [5.74, 6) is 2.60. The van der Waals surface area contributed by atoms with Gasteiger partial charge in [-0.2, -0.15) is 15.0 Å². The van der Waals surface area contributed by atoms with Crippen LogP contribution in [-0.4, -0.2) is 29.2 Å². The lowest BCUT2D eigenvalue weighted by atomic mass is 10.2. The Bertz CT molecular complexity index is 799. The summed E-state index contributed by atoms with van der Waals surface area (Å²) in [6.45, 7) is 1.12. The van der Waals surface area contributed by atoms with Crippen LogP contribution in [0.15, 0.2) is 48.5 Å². The third kappa shape index (κ3) is 5.21. The molecule has 1 aromatic heterocycles. The van der Waals surface area contributed by atoms with Gasteiger partial charge in [-0.3, -0.25) is 0 Å². The zero-order chi connectivity index (χ0) is 19.1. The predicted molar refractivity (Wildman–Crippen MR) is 105 cm³/mol. The number of aromatic nitrogens is 3. The molecule has 0 spiro atoms. The highest BCUT2D eigenvalue weighted by Crippen LogP contribution is 2.15. The van der Waals surface area contributed by atoms with Gasteiger partial charge in [0.2, 0.25) is 17.8 Å². The normalized spacial score (nSPS) is 10.3. The Morgan fingerprint density at radius 3 is 1.48 bits per heavy atom. The van der Waals surface area contributed by atoms with Crippen molar-refractivity contribution in [2.24, 2.45) is 0 Å². The summed E-state index contributed by atoms with van der Waals surface area (Å²) in [6.07, 6.45) is 0. The smallest absolute Gasteiger partial charge is 0.229 e. The number of nitrogens with zero attached hydrogens (tertiary/aromatic N) is 3. The third-order valence-electron chi connectivity index (χ3n) is 3.87. The summed E-state index contributed by atoms with van der Waals surface area (Å²) in [4.78, 5) is 12.6. The lowest BCUT2D eigenvalue weighted by Crippen LogP contribution is -2.11. The average molecular weight is 366 g/mol. The zero-order valence-electron chi connectivity index (χ0n) is 15.3. The Morgan fingerprint density at radius 1 is 0.704 bits per heavy atom. The third-order valence-corrected chi connectivity index (χ3v) is 3.87. The van der Waals surface area contributed by atoms with E-state index in [0.29, 0.717) is 25.0 Å². The van der Waals surface area contributed by atoms with Crippen molar-refractivity contribution in [3.63, 3.8) is 0 Å².